The SMILES string of the molecule is CC1CC2CCC=CN2C1. The zero-order chi connectivity index (χ0) is 6.97. The summed E-state index contributed by atoms with van der Waals surface area (Å²) in [6, 6.07) is 0.889. The lowest BCUT2D eigenvalue weighted by Gasteiger charge is -2.25. The highest BCUT2D eigenvalue weighted by Gasteiger charge is 2.27. The Hall–Kier alpha value is -0.460. The summed E-state index contributed by atoms with van der Waals surface area (Å²) in [5.41, 5.74) is 0. The minimum absolute atomic E-state index is 0.889. The van der Waals surface area contributed by atoms with Gasteiger partial charge in [0.25, 0.3) is 0 Å². The Morgan fingerprint density at radius 2 is 2.40 bits per heavy atom. The molecule has 0 radical (unpaired) electrons. The van der Waals surface area contributed by atoms with E-state index in [1.54, 1.807) is 0 Å². The third-order valence-corrected chi connectivity index (χ3v) is 2.63. The van der Waals surface area contributed by atoms with Gasteiger partial charge < -0.3 is 4.90 Å². The van der Waals surface area contributed by atoms with E-state index in [1.165, 1.54) is 25.8 Å². The van der Waals surface area contributed by atoms with Crippen LogP contribution >= 0.6 is 0 Å². The second kappa shape index (κ2) is 2.30. The van der Waals surface area contributed by atoms with Crippen LogP contribution in [0.4, 0.5) is 0 Å². The standard InChI is InChI=1S/C9H15N/c1-8-6-9-4-2-3-5-10(9)7-8/h3,5,8-9H,2,4,6-7H2,1H3. The fourth-order valence-corrected chi connectivity index (χ4v) is 2.15. The van der Waals surface area contributed by atoms with E-state index < -0.39 is 0 Å². The Balaban J connectivity index is 2.08. The maximum Gasteiger partial charge on any atom is 0.0290 e. The summed E-state index contributed by atoms with van der Waals surface area (Å²) in [6.45, 7) is 3.65. The van der Waals surface area contributed by atoms with E-state index in [1.807, 2.05) is 0 Å². The topological polar surface area (TPSA) is 3.24 Å². The molecule has 2 rings (SSSR count). The molecule has 0 aromatic heterocycles. The minimum Gasteiger partial charge on any atom is -0.374 e. The van der Waals surface area contributed by atoms with Gasteiger partial charge in [-0.15, -0.1) is 0 Å². The summed E-state index contributed by atoms with van der Waals surface area (Å²) < 4.78 is 0. The van der Waals surface area contributed by atoms with Crippen LogP contribution in [-0.2, 0) is 0 Å². The smallest absolute Gasteiger partial charge is 0.0290 e. The molecule has 0 aromatic carbocycles. The van der Waals surface area contributed by atoms with Gasteiger partial charge in [-0.2, -0.15) is 0 Å². The zero-order valence-corrected chi connectivity index (χ0v) is 6.59. The third-order valence-electron chi connectivity index (χ3n) is 2.63. The molecule has 2 aliphatic rings. The van der Waals surface area contributed by atoms with Crippen LogP contribution in [0.3, 0.4) is 0 Å². The fourth-order valence-electron chi connectivity index (χ4n) is 2.15. The number of allylic oxidation sites excluding steroid dienone is 1. The Labute approximate surface area is 62.7 Å². The molecule has 2 atom stereocenters. The molecule has 0 amide bonds. The summed E-state index contributed by atoms with van der Waals surface area (Å²) in [7, 11) is 0. The second-order valence-corrected chi connectivity index (χ2v) is 3.65. The first-order valence-corrected chi connectivity index (χ1v) is 4.28. The summed E-state index contributed by atoms with van der Waals surface area (Å²) in [4.78, 5) is 2.51. The van der Waals surface area contributed by atoms with Gasteiger partial charge in [-0.05, 0) is 31.4 Å². The molecule has 1 heteroatoms. The van der Waals surface area contributed by atoms with Gasteiger partial charge in [0.2, 0.25) is 0 Å². The number of nitrogens with zero attached hydrogens (tertiary/aromatic N) is 1. The summed E-state index contributed by atoms with van der Waals surface area (Å²) in [5.74, 6) is 0.924. The van der Waals surface area contributed by atoms with E-state index in [-0.39, 0.29) is 0 Å². The maximum atomic E-state index is 2.51. The van der Waals surface area contributed by atoms with Crippen molar-refractivity contribution in [3.63, 3.8) is 0 Å². The largest absolute Gasteiger partial charge is 0.374 e. The van der Waals surface area contributed by atoms with Crippen LogP contribution in [0.25, 0.3) is 0 Å². The Morgan fingerprint density at radius 1 is 1.50 bits per heavy atom. The maximum absolute atomic E-state index is 2.51. The average molecular weight is 137 g/mol. The molecule has 2 unspecified atom stereocenters. The number of hydrogen-bond donors (Lipinski definition) is 0. The molecule has 0 aliphatic carbocycles. The van der Waals surface area contributed by atoms with E-state index in [0.717, 1.165) is 12.0 Å². The molecule has 0 spiro atoms. The summed E-state index contributed by atoms with van der Waals surface area (Å²) in [6.07, 6.45) is 8.70. The second-order valence-electron chi connectivity index (χ2n) is 3.65. The van der Waals surface area contributed by atoms with E-state index >= 15 is 0 Å². The molecule has 2 aliphatic heterocycles. The highest BCUT2D eigenvalue weighted by Crippen LogP contribution is 2.28. The molecule has 1 fully saturated rings. The first-order chi connectivity index (χ1) is 4.86. The lowest BCUT2D eigenvalue weighted by Crippen LogP contribution is -2.25. The van der Waals surface area contributed by atoms with Gasteiger partial charge in [0.15, 0.2) is 0 Å². The minimum atomic E-state index is 0.889. The van der Waals surface area contributed by atoms with Crippen LogP contribution in [0, 0.1) is 5.92 Å². The predicted octanol–water partition coefficient (Wildman–Crippen LogP) is 2.00. The highest BCUT2D eigenvalue weighted by molar-refractivity contribution is 4.97. The van der Waals surface area contributed by atoms with Crippen molar-refractivity contribution in [2.45, 2.75) is 32.2 Å². The average Bonchev–Trinajstić information content (AvgIpc) is 2.27. The van der Waals surface area contributed by atoms with E-state index in [9.17, 15) is 0 Å². The van der Waals surface area contributed by atoms with Crippen molar-refractivity contribution in [2.75, 3.05) is 6.54 Å². The van der Waals surface area contributed by atoms with Gasteiger partial charge in [0.1, 0.15) is 0 Å². The quantitative estimate of drug-likeness (QED) is 0.493. The van der Waals surface area contributed by atoms with Gasteiger partial charge in [-0.25, -0.2) is 0 Å². The van der Waals surface area contributed by atoms with E-state index in [2.05, 4.69) is 24.1 Å². The van der Waals surface area contributed by atoms with Crippen LogP contribution in [0.15, 0.2) is 12.3 Å². The molecule has 1 saturated heterocycles. The third kappa shape index (κ3) is 0.938. The van der Waals surface area contributed by atoms with Crippen molar-refractivity contribution in [3.05, 3.63) is 12.3 Å². The highest BCUT2D eigenvalue weighted by atomic mass is 15.2. The predicted molar refractivity (Wildman–Crippen MR) is 42.6 cm³/mol. The van der Waals surface area contributed by atoms with Gasteiger partial charge in [0, 0.05) is 12.6 Å². The van der Waals surface area contributed by atoms with Crippen LogP contribution in [-0.4, -0.2) is 17.5 Å². The number of fused-ring (bicyclic) bond motifs is 1. The number of hydrogen-bond acceptors (Lipinski definition) is 1. The molecular formula is C9H15N. The molecule has 1 nitrogen and oxygen atoms in total. The number of rotatable bonds is 0. The molecule has 0 bridgehead atoms. The Kier molecular flexibility index (Phi) is 1.44. The van der Waals surface area contributed by atoms with Crippen molar-refractivity contribution in [1.82, 2.24) is 4.90 Å². The van der Waals surface area contributed by atoms with Crippen molar-refractivity contribution >= 4 is 0 Å². The van der Waals surface area contributed by atoms with Crippen LogP contribution in [0.5, 0.6) is 0 Å². The molecule has 2 heterocycles. The lowest BCUT2D eigenvalue weighted by molar-refractivity contribution is 0.316. The molecule has 0 saturated carbocycles. The first-order valence-electron chi connectivity index (χ1n) is 4.28. The van der Waals surface area contributed by atoms with Gasteiger partial charge in [-0.3, -0.25) is 0 Å². The summed E-state index contributed by atoms with van der Waals surface area (Å²) in [5, 5.41) is 0. The van der Waals surface area contributed by atoms with Gasteiger partial charge in [-0.1, -0.05) is 13.0 Å². The Bertz CT molecular complexity index is 151. The van der Waals surface area contributed by atoms with E-state index in [0.29, 0.717) is 0 Å². The van der Waals surface area contributed by atoms with Crippen molar-refractivity contribution in [3.8, 4) is 0 Å². The molecule has 10 heavy (non-hydrogen) atoms. The van der Waals surface area contributed by atoms with Crippen molar-refractivity contribution in [1.29, 1.82) is 0 Å². The molecular weight excluding hydrogens is 122 g/mol. The lowest BCUT2D eigenvalue weighted by atomic mass is 10.0. The molecule has 0 aromatic rings. The molecule has 56 valence electrons. The summed E-state index contributed by atoms with van der Waals surface area (Å²) >= 11 is 0. The fraction of sp³-hybridized carbons (Fsp3) is 0.778. The van der Waals surface area contributed by atoms with E-state index in [4.69, 9.17) is 0 Å². The monoisotopic (exact) mass is 137 g/mol. The van der Waals surface area contributed by atoms with Crippen LogP contribution < -0.4 is 0 Å². The van der Waals surface area contributed by atoms with Crippen molar-refractivity contribution in [2.24, 2.45) is 5.92 Å². The van der Waals surface area contributed by atoms with Gasteiger partial charge in [0.05, 0.1) is 0 Å². The normalized spacial score (nSPS) is 38.3. The van der Waals surface area contributed by atoms with Gasteiger partial charge >= 0.3 is 0 Å². The Morgan fingerprint density at radius 3 is 3.20 bits per heavy atom. The van der Waals surface area contributed by atoms with Crippen LogP contribution in [0.1, 0.15) is 26.2 Å². The van der Waals surface area contributed by atoms with Crippen molar-refractivity contribution < 1.29 is 0 Å². The first kappa shape index (κ1) is 6.26. The van der Waals surface area contributed by atoms with Crippen LogP contribution in [0.2, 0.25) is 0 Å². The molecule has 0 N–H and O–H groups in total. The zero-order valence-electron chi connectivity index (χ0n) is 6.59.